The lowest BCUT2D eigenvalue weighted by Gasteiger charge is -2.20. The topological polar surface area (TPSA) is 71.5 Å². The van der Waals surface area contributed by atoms with Gasteiger partial charge in [0.15, 0.2) is 0 Å². The molecule has 0 aliphatic carbocycles. The fourth-order valence-corrected chi connectivity index (χ4v) is 5.58. The van der Waals surface area contributed by atoms with E-state index < -0.39 is 0 Å². The third-order valence-electron chi connectivity index (χ3n) is 6.51. The van der Waals surface area contributed by atoms with E-state index in [-0.39, 0.29) is 23.7 Å². The van der Waals surface area contributed by atoms with Crippen molar-refractivity contribution in [3.8, 4) is 10.6 Å². The Kier molecular flexibility index (Phi) is 7.21. The van der Waals surface area contributed by atoms with Gasteiger partial charge in [-0.1, -0.05) is 78.9 Å². The van der Waals surface area contributed by atoms with E-state index in [9.17, 15) is 9.59 Å². The third kappa shape index (κ3) is 5.22. The molecule has 2 atom stereocenters. The number of hydrogen-bond acceptors (Lipinski definition) is 6. The van der Waals surface area contributed by atoms with E-state index in [1.807, 2.05) is 72.8 Å². The molecule has 1 saturated heterocycles. The normalized spacial score (nSPS) is 17.6. The summed E-state index contributed by atoms with van der Waals surface area (Å²) in [4.78, 5) is 32.7. The number of hydrogen-bond donors (Lipinski definition) is 1. The summed E-state index contributed by atoms with van der Waals surface area (Å²) in [5.41, 5.74) is 4.16. The number of amides is 1. The summed E-state index contributed by atoms with van der Waals surface area (Å²) in [6.07, 6.45) is 0. The van der Waals surface area contributed by atoms with Gasteiger partial charge in [-0.05, 0) is 17.2 Å². The molecule has 7 heteroatoms. The number of likely N-dealkylation sites (tertiary alicyclic amines) is 1. The van der Waals surface area contributed by atoms with E-state index in [4.69, 9.17) is 4.74 Å². The molecular formula is C29H27N3O3S. The fraction of sp³-hybridized carbons (Fsp3) is 0.207. The van der Waals surface area contributed by atoms with Crippen molar-refractivity contribution in [1.29, 1.82) is 0 Å². The number of esters is 1. The van der Waals surface area contributed by atoms with Crippen LogP contribution in [-0.4, -0.2) is 42.0 Å². The number of carbonyl (C=O) groups excluding carboxylic acids is 2. The summed E-state index contributed by atoms with van der Waals surface area (Å²) in [5.74, 6) is -0.924. The molecule has 36 heavy (non-hydrogen) atoms. The van der Waals surface area contributed by atoms with Crippen LogP contribution in [0.2, 0.25) is 0 Å². The van der Waals surface area contributed by atoms with Crippen molar-refractivity contribution < 1.29 is 14.3 Å². The molecule has 1 amide bonds. The molecule has 1 aliphatic rings. The Morgan fingerprint density at radius 3 is 2.42 bits per heavy atom. The van der Waals surface area contributed by atoms with Crippen molar-refractivity contribution in [1.82, 2.24) is 9.88 Å². The maximum absolute atomic E-state index is 13.1. The zero-order valence-corrected chi connectivity index (χ0v) is 20.8. The van der Waals surface area contributed by atoms with Crippen molar-refractivity contribution in [2.75, 3.05) is 25.5 Å². The molecule has 1 N–H and O–H groups in total. The van der Waals surface area contributed by atoms with Gasteiger partial charge in [0.1, 0.15) is 10.7 Å². The second-order valence-corrected chi connectivity index (χ2v) is 9.72. The molecule has 0 bridgehead atoms. The molecule has 0 radical (unpaired) electrons. The molecule has 6 nitrogen and oxygen atoms in total. The summed E-state index contributed by atoms with van der Waals surface area (Å²) >= 11 is 1.44. The highest BCUT2D eigenvalue weighted by molar-refractivity contribution is 7.13. The number of methoxy groups -OCH3 is 1. The zero-order chi connectivity index (χ0) is 24.9. The number of benzene rings is 3. The lowest BCUT2D eigenvalue weighted by atomic mass is 9.88. The Labute approximate surface area is 214 Å². The van der Waals surface area contributed by atoms with Gasteiger partial charge in [-0.2, -0.15) is 0 Å². The van der Waals surface area contributed by atoms with E-state index in [1.54, 1.807) is 5.38 Å². The molecule has 0 saturated carbocycles. The summed E-state index contributed by atoms with van der Waals surface area (Å²) < 4.78 is 5.16. The molecule has 1 aromatic heterocycles. The van der Waals surface area contributed by atoms with Gasteiger partial charge in [-0.3, -0.25) is 14.5 Å². The number of ether oxygens (including phenoxy) is 1. The van der Waals surface area contributed by atoms with Gasteiger partial charge in [0.25, 0.3) is 5.91 Å². The average Bonchev–Trinajstić information content (AvgIpc) is 3.58. The standard InChI is InChI=1S/C29H27N3O3S/c1-35-29(34)24-18-32(16-20-10-4-2-5-11-20)17-23(24)22-14-8-9-15-25(22)30-27(33)26-19-36-28(31-26)21-12-6-3-7-13-21/h2-15,19,23-24H,16-18H2,1H3,(H,30,33). The van der Waals surface area contributed by atoms with E-state index in [2.05, 4.69) is 27.3 Å². The van der Waals surface area contributed by atoms with Crippen LogP contribution >= 0.6 is 11.3 Å². The van der Waals surface area contributed by atoms with Crippen LogP contribution < -0.4 is 5.32 Å². The van der Waals surface area contributed by atoms with Crippen molar-refractivity contribution in [3.05, 3.63) is 107 Å². The van der Waals surface area contributed by atoms with Crippen LogP contribution in [0.4, 0.5) is 5.69 Å². The fourth-order valence-electron chi connectivity index (χ4n) is 4.77. The molecule has 182 valence electrons. The summed E-state index contributed by atoms with van der Waals surface area (Å²) in [5, 5.41) is 5.62. The van der Waals surface area contributed by atoms with Gasteiger partial charge in [0.05, 0.1) is 13.0 Å². The van der Waals surface area contributed by atoms with Crippen LogP contribution in [0.25, 0.3) is 10.6 Å². The van der Waals surface area contributed by atoms with E-state index in [1.165, 1.54) is 24.0 Å². The first-order chi connectivity index (χ1) is 17.6. The monoisotopic (exact) mass is 497 g/mol. The second-order valence-electron chi connectivity index (χ2n) is 8.86. The lowest BCUT2D eigenvalue weighted by Crippen LogP contribution is -2.25. The Bertz CT molecular complexity index is 1340. The molecule has 1 fully saturated rings. The number of rotatable bonds is 7. The van der Waals surface area contributed by atoms with Crippen LogP contribution in [0.3, 0.4) is 0 Å². The van der Waals surface area contributed by atoms with E-state index in [0.717, 1.165) is 22.7 Å². The number of para-hydroxylation sites is 1. The quantitative estimate of drug-likeness (QED) is 0.344. The Morgan fingerprint density at radius 2 is 1.67 bits per heavy atom. The average molecular weight is 498 g/mol. The second kappa shape index (κ2) is 10.8. The van der Waals surface area contributed by atoms with Crippen LogP contribution in [0, 0.1) is 5.92 Å². The number of carbonyl (C=O) groups is 2. The van der Waals surface area contributed by atoms with Crippen LogP contribution in [-0.2, 0) is 16.1 Å². The van der Waals surface area contributed by atoms with Gasteiger partial charge in [-0.25, -0.2) is 4.98 Å². The Balaban J connectivity index is 1.37. The minimum absolute atomic E-state index is 0.104. The van der Waals surface area contributed by atoms with Crippen molar-refractivity contribution in [2.24, 2.45) is 5.92 Å². The predicted octanol–water partition coefficient (Wildman–Crippen LogP) is 5.45. The number of nitrogens with one attached hydrogen (secondary N) is 1. The van der Waals surface area contributed by atoms with Crippen LogP contribution in [0.15, 0.2) is 90.3 Å². The first-order valence-electron chi connectivity index (χ1n) is 11.9. The lowest BCUT2D eigenvalue weighted by molar-refractivity contribution is -0.145. The van der Waals surface area contributed by atoms with Gasteiger partial charge >= 0.3 is 5.97 Å². The Hall–Kier alpha value is -3.81. The highest BCUT2D eigenvalue weighted by Gasteiger charge is 2.40. The molecule has 4 aromatic rings. The van der Waals surface area contributed by atoms with E-state index in [0.29, 0.717) is 24.5 Å². The molecule has 0 spiro atoms. The number of nitrogens with zero attached hydrogens (tertiary/aromatic N) is 2. The van der Waals surface area contributed by atoms with Crippen LogP contribution in [0.1, 0.15) is 27.5 Å². The number of thiazole rings is 1. The largest absolute Gasteiger partial charge is 0.469 e. The molecule has 1 aliphatic heterocycles. The Morgan fingerprint density at radius 1 is 0.972 bits per heavy atom. The first kappa shape index (κ1) is 23.9. The third-order valence-corrected chi connectivity index (χ3v) is 7.41. The molecule has 2 heterocycles. The molecule has 3 aromatic carbocycles. The van der Waals surface area contributed by atoms with E-state index >= 15 is 0 Å². The van der Waals surface area contributed by atoms with Gasteiger partial charge in [0, 0.05) is 42.2 Å². The molecule has 2 unspecified atom stereocenters. The zero-order valence-electron chi connectivity index (χ0n) is 20.0. The minimum Gasteiger partial charge on any atom is -0.469 e. The number of aromatic nitrogens is 1. The highest BCUT2D eigenvalue weighted by atomic mass is 32.1. The SMILES string of the molecule is COC(=O)C1CN(Cc2ccccc2)CC1c1ccccc1NC(=O)c1csc(-c2ccccc2)n1. The minimum atomic E-state index is -0.319. The molecule has 5 rings (SSSR count). The summed E-state index contributed by atoms with van der Waals surface area (Å²) in [6.45, 7) is 2.04. The predicted molar refractivity (Wildman–Crippen MR) is 142 cm³/mol. The number of anilines is 1. The highest BCUT2D eigenvalue weighted by Crippen LogP contribution is 2.38. The van der Waals surface area contributed by atoms with Gasteiger partial charge in [0.2, 0.25) is 0 Å². The van der Waals surface area contributed by atoms with Crippen molar-refractivity contribution in [3.63, 3.8) is 0 Å². The van der Waals surface area contributed by atoms with Gasteiger partial charge < -0.3 is 10.1 Å². The summed E-state index contributed by atoms with van der Waals surface area (Å²) in [6, 6.07) is 27.7. The van der Waals surface area contributed by atoms with Crippen molar-refractivity contribution >= 4 is 28.9 Å². The maximum atomic E-state index is 13.1. The smallest absolute Gasteiger partial charge is 0.310 e. The van der Waals surface area contributed by atoms with Gasteiger partial charge in [-0.15, -0.1) is 11.3 Å². The first-order valence-corrected chi connectivity index (χ1v) is 12.8. The maximum Gasteiger partial charge on any atom is 0.310 e. The van der Waals surface area contributed by atoms with Crippen LogP contribution in [0.5, 0.6) is 0 Å². The summed E-state index contributed by atoms with van der Waals surface area (Å²) in [7, 11) is 1.43. The molecular weight excluding hydrogens is 470 g/mol. The van der Waals surface area contributed by atoms with Crippen molar-refractivity contribution in [2.45, 2.75) is 12.5 Å².